The molecule has 0 unspecified atom stereocenters. The molecule has 2 heterocycles. The summed E-state index contributed by atoms with van der Waals surface area (Å²) in [6.45, 7) is 5.64. The molecule has 0 bridgehead atoms. The summed E-state index contributed by atoms with van der Waals surface area (Å²) in [5, 5.41) is 2.80. The molecule has 0 atom stereocenters. The molecule has 1 saturated heterocycles. The lowest BCUT2D eigenvalue weighted by Crippen LogP contribution is -2.40. The minimum absolute atomic E-state index is 0.0156. The average molecular weight is 402 g/mol. The van der Waals surface area contributed by atoms with Crippen LogP contribution in [0.4, 0.5) is 4.39 Å². The topological polar surface area (TPSA) is 78.7 Å². The second-order valence-corrected chi connectivity index (χ2v) is 7.06. The Kier molecular flexibility index (Phi) is 7.35. The highest BCUT2D eigenvalue weighted by Crippen LogP contribution is 2.23. The quantitative estimate of drug-likeness (QED) is 0.767. The molecule has 7 nitrogen and oxygen atoms in total. The van der Waals surface area contributed by atoms with Crippen molar-refractivity contribution in [3.05, 3.63) is 42.2 Å². The van der Waals surface area contributed by atoms with E-state index in [4.69, 9.17) is 4.42 Å². The van der Waals surface area contributed by atoms with Gasteiger partial charge in [0.05, 0.1) is 18.3 Å². The van der Waals surface area contributed by atoms with Crippen molar-refractivity contribution in [1.82, 2.24) is 20.1 Å². The van der Waals surface area contributed by atoms with Crippen molar-refractivity contribution < 1.29 is 18.4 Å². The molecule has 1 aromatic heterocycles. The number of hydrogen-bond acceptors (Lipinski definition) is 5. The van der Waals surface area contributed by atoms with Gasteiger partial charge in [0.2, 0.25) is 11.8 Å². The van der Waals surface area contributed by atoms with Crippen LogP contribution in [0.15, 0.2) is 34.9 Å². The highest BCUT2D eigenvalue weighted by Gasteiger charge is 2.21. The van der Waals surface area contributed by atoms with E-state index in [1.165, 1.54) is 12.3 Å². The van der Waals surface area contributed by atoms with Crippen LogP contribution >= 0.6 is 0 Å². The molecule has 1 N–H and O–H groups in total. The van der Waals surface area contributed by atoms with Crippen LogP contribution in [0, 0.1) is 5.82 Å². The van der Waals surface area contributed by atoms with E-state index >= 15 is 0 Å². The largest absolute Gasteiger partial charge is 0.441 e. The Balaban J connectivity index is 1.49. The number of likely N-dealkylation sites (N-methyl/N-ethyl adjacent to an activating group) is 1. The number of carbonyl (C=O) groups is 2. The van der Waals surface area contributed by atoms with Crippen molar-refractivity contribution in [3.63, 3.8) is 0 Å². The first kappa shape index (κ1) is 21.0. The molecule has 2 aromatic rings. The molecule has 8 heteroatoms. The zero-order chi connectivity index (χ0) is 20.6. The summed E-state index contributed by atoms with van der Waals surface area (Å²) in [4.78, 5) is 32.4. The molecular formula is C21H27FN4O3. The third kappa shape index (κ3) is 5.87. The summed E-state index contributed by atoms with van der Waals surface area (Å²) in [6.07, 6.45) is 2.98. The van der Waals surface area contributed by atoms with Crippen LogP contribution in [-0.4, -0.2) is 65.9 Å². The zero-order valence-electron chi connectivity index (χ0n) is 16.7. The third-order valence-electron chi connectivity index (χ3n) is 4.93. The Hall–Kier alpha value is -2.74. The first-order valence-corrected chi connectivity index (χ1v) is 10.0. The maximum Gasteiger partial charge on any atom is 0.234 e. The van der Waals surface area contributed by atoms with Crippen LogP contribution < -0.4 is 5.32 Å². The minimum Gasteiger partial charge on any atom is -0.441 e. The summed E-state index contributed by atoms with van der Waals surface area (Å²) >= 11 is 0. The molecule has 0 spiro atoms. The highest BCUT2D eigenvalue weighted by atomic mass is 19.1. The van der Waals surface area contributed by atoms with Gasteiger partial charge in [-0.3, -0.25) is 14.5 Å². The Labute approximate surface area is 169 Å². The van der Waals surface area contributed by atoms with Gasteiger partial charge in [-0.25, -0.2) is 9.37 Å². The number of nitrogens with zero attached hydrogens (tertiary/aromatic N) is 3. The van der Waals surface area contributed by atoms with Gasteiger partial charge >= 0.3 is 0 Å². The van der Waals surface area contributed by atoms with E-state index in [1.54, 1.807) is 18.2 Å². The second kappa shape index (κ2) is 10.2. The van der Waals surface area contributed by atoms with Crippen LogP contribution in [0.5, 0.6) is 0 Å². The third-order valence-corrected chi connectivity index (χ3v) is 4.93. The fourth-order valence-electron chi connectivity index (χ4n) is 3.42. The number of halogens is 1. The summed E-state index contributed by atoms with van der Waals surface area (Å²) in [5.74, 6) is 0.468. The number of carbonyl (C=O) groups excluding carboxylic acids is 2. The van der Waals surface area contributed by atoms with E-state index in [0.717, 1.165) is 13.0 Å². The Morgan fingerprint density at radius 1 is 1.21 bits per heavy atom. The molecule has 29 heavy (non-hydrogen) atoms. The molecular weight excluding hydrogens is 375 g/mol. The minimum atomic E-state index is -0.368. The molecule has 0 saturated carbocycles. The molecule has 2 amide bonds. The number of aromatic nitrogens is 1. The van der Waals surface area contributed by atoms with Gasteiger partial charge in [0.1, 0.15) is 5.82 Å². The van der Waals surface area contributed by atoms with Gasteiger partial charge in [0.15, 0.2) is 11.7 Å². The molecule has 0 radical (unpaired) electrons. The summed E-state index contributed by atoms with van der Waals surface area (Å²) in [5.41, 5.74) is 0.359. The smallest absolute Gasteiger partial charge is 0.234 e. The monoisotopic (exact) mass is 402 g/mol. The summed E-state index contributed by atoms with van der Waals surface area (Å²) in [6, 6.07) is 6.36. The second-order valence-electron chi connectivity index (χ2n) is 7.06. The highest BCUT2D eigenvalue weighted by molar-refractivity contribution is 5.78. The Bertz CT molecular complexity index is 839. The van der Waals surface area contributed by atoms with Crippen molar-refractivity contribution in [2.45, 2.75) is 26.2 Å². The van der Waals surface area contributed by atoms with E-state index < -0.39 is 0 Å². The zero-order valence-corrected chi connectivity index (χ0v) is 16.7. The number of rotatable bonds is 7. The van der Waals surface area contributed by atoms with E-state index in [1.807, 2.05) is 11.8 Å². The lowest BCUT2D eigenvalue weighted by atomic mass is 10.2. The van der Waals surface area contributed by atoms with E-state index in [0.29, 0.717) is 56.4 Å². The van der Waals surface area contributed by atoms with Crippen molar-refractivity contribution in [3.8, 4) is 11.3 Å². The van der Waals surface area contributed by atoms with Crippen molar-refractivity contribution in [2.75, 3.05) is 39.3 Å². The normalized spacial score (nSPS) is 15.2. The number of amides is 2. The molecule has 1 fully saturated rings. The Morgan fingerprint density at radius 3 is 2.83 bits per heavy atom. The van der Waals surface area contributed by atoms with Crippen LogP contribution in [-0.2, 0) is 16.0 Å². The molecule has 3 rings (SSSR count). The molecule has 1 aliphatic heterocycles. The maximum absolute atomic E-state index is 13.9. The average Bonchev–Trinajstić information content (AvgIpc) is 3.05. The van der Waals surface area contributed by atoms with Gasteiger partial charge in [0.25, 0.3) is 0 Å². The molecule has 1 aliphatic rings. The summed E-state index contributed by atoms with van der Waals surface area (Å²) < 4.78 is 19.5. The number of nitrogens with one attached hydrogen (secondary N) is 1. The van der Waals surface area contributed by atoms with Crippen molar-refractivity contribution in [2.24, 2.45) is 0 Å². The van der Waals surface area contributed by atoms with E-state index in [9.17, 15) is 14.0 Å². The molecule has 1 aromatic carbocycles. The summed E-state index contributed by atoms with van der Waals surface area (Å²) in [7, 11) is 0. The van der Waals surface area contributed by atoms with Crippen LogP contribution in [0.1, 0.15) is 25.7 Å². The molecule has 0 aliphatic carbocycles. The SMILES string of the molecule is CCNC(=O)CN1CCCN(C(=O)CCc2ncc(-c3ccccc3F)o2)CC1. The molecule has 156 valence electrons. The predicted molar refractivity (Wildman–Crippen MR) is 107 cm³/mol. The number of hydrogen-bond donors (Lipinski definition) is 1. The fraction of sp³-hybridized carbons (Fsp3) is 0.476. The van der Waals surface area contributed by atoms with E-state index in [2.05, 4.69) is 15.2 Å². The van der Waals surface area contributed by atoms with Gasteiger partial charge in [0, 0.05) is 45.6 Å². The van der Waals surface area contributed by atoms with Gasteiger partial charge in [-0.15, -0.1) is 0 Å². The van der Waals surface area contributed by atoms with Crippen molar-refractivity contribution >= 4 is 11.8 Å². The number of aryl methyl sites for hydroxylation is 1. The van der Waals surface area contributed by atoms with Crippen molar-refractivity contribution in [1.29, 1.82) is 0 Å². The van der Waals surface area contributed by atoms with Gasteiger partial charge in [-0.1, -0.05) is 12.1 Å². The number of oxazole rings is 1. The lowest BCUT2D eigenvalue weighted by molar-refractivity contribution is -0.131. The van der Waals surface area contributed by atoms with Gasteiger partial charge in [-0.2, -0.15) is 0 Å². The van der Waals surface area contributed by atoms with Crippen LogP contribution in [0.3, 0.4) is 0 Å². The first-order valence-electron chi connectivity index (χ1n) is 10.0. The van der Waals surface area contributed by atoms with Crippen LogP contribution in [0.2, 0.25) is 0 Å². The predicted octanol–water partition coefficient (Wildman–Crippen LogP) is 2.08. The first-order chi connectivity index (χ1) is 14.1. The fourth-order valence-corrected chi connectivity index (χ4v) is 3.42. The lowest BCUT2D eigenvalue weighted by Gasteiger charge is -2.21. The van der Waals surface area contributed by atoms with Gasteiger partial charge < -0.3 is 14.6 Å². The van der Waals surface area contributed by atoms with Crippen LogP contribution in [0.25, 0.3) is 11.3 Å². The number of benzene rings is 1. The van der Waals surface area contributed by atoms with E-state index in [-0.39, 0.29) is 24.1 Å². The standard InChI is InChI=1S/C21H27FN4O3/c1-2-23-19(27)15-25-10-5-11-26(13-12-25)21(28)9-8-20-24-14-18(29-20)16-6-3-4-7-17(16)22/h3-4,6-7,14H,2,5,8-13,15H2,1H3,(H,23,27). The Morgan fingerprint density at radius 2 is 2.03 bits per heavy atom. The van der Waals surface area contributed by atoms with Gasteiger partial charge in [-0.05, 0) is 25.5 Å². The maximum atomic E-state index is 13.9.